The summed E-state index contributed by atoms with van der Waals surface area (Å²) in [5.74, 6) is 5.83. The van der Waals surface area contributed by atoms with E-state index in [1.165, 1.54) is 28.9 Å². The van der Waals surface area contributed by atoms with Gasteiger partial charge in [-0.1, -0.05) is 42.1 Å². The fourth-order valence-corrected chi connectivity index (χ4v) is 3.27. The summed E-state index contributed by atoms with van der Waals surface area (Å²) >= 11 is 1.07. The molecule has 0 aliphatic carbocycles. The molecule has 1 aromatic heterocycles. The molecular formula is C17H15F2N5O2S. The summed E-state index contributed by atoms with van der Waals surface area (Å²) in [4.78, 5) is 11.8. The lowest BCUT2D eigenvalue weighted by Crippen LogP contribution is -2.20. The van der Waals surface area contributed by atoms with Gasteiger partial charge in [0.25, 0.3) is 0 Å². The maximum absolute atomic E-state index is 12.2. The molecule has 0 fully saturated rings. The average Bonchev–Trinajstić information content (AvgIpc) is 3.01. The van der Waals surface area contributed by atoms with Gasteiger partial charge in [0.05, 0.1) is 0 Å². The number of amides is 1. The lowest BCUT2D eigenvalue weighted by atomic mass is 10.1. The van der Waals surface area contributed by atoms with E-state index in [1.807, 2.05) is 6.07 Å². The van der Waals surface area contributed by atoms with Gasteiger partial charge in [0.2, 0.25) is 11.1 Å². The molecule has 1 heterocycles. The Balaban J connectivity index is 1.83. The number of hydrogen-bond donors (Lipinski definition) is 2. The highest BCUT2D eigenvalue weighted by atomic mass is 32.2. The number of primary amides is 1. The summed E-state index contributed by atoms with van der Waals surface area (Å²) in [6.07, 6.45) is 0. The Kier molecular flexibility index (Phi) is 5.55. The Labute approximate surface area is 157 Å². The summed E-state index contributed by atoms with van der Waals surface area (Å²) in [7, 11) is 0. The van der Waals surface area contributed by atoms with Crippen LogP contribution in [0.15, 0.2) is 59.8 Å². The zero-order valence-corrected chi connectivity index (χ0v) is 14.6. The van der Waals surface area contributed by atoms with Gasteiger partial charge in [-0.05, 0) is 29.8 Å². The number of alkyl halides is 2. The van der Waals surface area contributed by atoms with E-state index in [4.69, 9.17) is 11.6 Å². The lowest BCUT2D eigenvalue weighted by Gasteiger charge is -2.12. The monoisotopic (exact) mass is 391 g/mol. The van der Waals surface area contributed by atoms with E-state index in [-0.39, 0.29) is 10.9 Å². The molecule has 0 spiro atoms. The number of nitrogens with two attached hydrogens (primary N) is 2. The van der Waals surface area contributed by atoms with Crippen molar-refractivity contribution in [3.63, 3.8) is 0 Å². The van der Waals surface area contributed by atoms with Gasteiger partial charge < -0.3 is 16.3 Å². The Morgan fingerprint density at radius 3 is 2.33 bits per heavy atom. The predicted octanol–water partition coefficient (Wildman–Crippen LogP) is 2.58. The van der Waals surface area contributed by atoms with E-state index in [9.17, 15) is 13.6 Å². The van der Waals surface area contributed by atoms with Crippen LogP contribution in [-0.2, 0) is 4.79 Å². The van der Waals surface area contributed by atoms with Crippen LogP contribution in [0, 0.1) is 0 Å². The van der Waals surface area contributed by atoms with Crippen molar-refractivity contribution in [1.82, 2.24) is 14.9 Å². The van der Waals surface area contributed by atoms with Crippen molar-refractivity contribution >= 4 is 17.7 Å². The van der Waals surface area contributed by atoms with Gasteiger partial charge in [-0.15, -0.1) is 10.2 Å². The number of carbonyl (C=O) groups excluding carboxylic acids is 1. The minimum atomic E-state index is -2.90. The molecule has 0 aliphatic rings. The number of thioether (sulfide) groups is 1. The maximum Gasteiger partial charge on any atom is 0.387 e. The summed E-state index contributed by atoms with van der Waals surface area (Å²) in [6, 6.07) is 14.8. The average molecular weight is 391 g/mol. The van der Waals surface area contributed by atoms with Gasteiger partial charge in [-0.25, -0.2) is 4.68 Å². The molecule has 3 rings (SSSR count). The van der Waals surface area contributed by atoms with Crippen molar-refractivity contribution in [3.05, 3.63) is 60.2 Å². The van der Waals surface area contributed by atoms with Crippen LogP contribution in [0.2, 0.25) is 0 Å². The zero-order chi connectivity index (χ0) is 19.4. The molecule has 3 aromatic rings. The molecule has 1 amide bonds. The molecule has 0 unspecified atom stereocenters. The highest BCUT2D eigenvalue weighted by molar-refractivity contribution is 8.00. The van der Waals surface area contributed by atoms with E-state index in [1.54, 1.807) is 24.3 Å². The molecule has 7 nitrogen and oxygen atoms in total. The summed E-state index contributed by atoms with van der Waals surface area (Å²) < 4.78 is 30.0. The molecule has 0 saturated heterocycles. The van der Waals surface area contributed by atoms with Crippen molar-refractivity contribution in [2.75, 3.05) is 5.84 Å². The van der Waals surface area contributed by atoms with Crippen LogP contribution in [0.4, 0.5) is 8.78 Å². The SMILES string of the molecule is NC(=O)[C@@H](Sc1nnc(-c2ccc(OC(F)F)cc2)n1N)c1ccccc1. The van der Waals surface area contributed by atoms with Gasteiger partial charge in [-0.3, -0.25) is 4.79 Å². The third kappa shape index (κ3) is 4.34. The Morgan fingerprint density at radius 2 is 1.74 bits per heavy atom. The molecule has 0 saturated carbocycles. The largest absolute Gasteiger partial charge is 0.435 e. The summed E-state index contributed by atoms with van der Waals surface area (Å²) in [5.41, 5.74) is 6.77. The highest BCUT2D eigenvalue weighted by Crippen LogP contribution is 2.34. The first-order chi connectivity index (χ1) is 13.0. The standard InChI is InChI=1S/C17H15F2N5O2S/c18-16(19)26-12-8-6-11(7-9-12)15-22-23-17(24(15)21)27-13(14(20)25)10-4-2-1-3-5-10/h1-9,13,16H,21H2,(H2,20,25)/t13-/m0/s1. The van der Waals surface area contributed by atoms with Crippen molar-refractivity contribution in [2.24, 2.45) is 5.73 Å². The molecular weight excluding hydrogens is 376 g/mol. The number of hydrogen-bond acceptors (Lipinski definition) is 6. The van der Waals surface area contributed by atoms with E-state index >= 15 is 0 Å². The second-order valence-corrected chi connectivity index (χ2v) is 6.46. The zero-order valence-electron chi connectivity index (χ0n) is 13.8. The van der Waals surface area contributed by atoms with Crippen molar-refractivity contribution in [1.29, 1.82) is 0 Å². The van der Waals surface area contributed by atoms with E-state index in [0.717, 1.165) is 11.8 Å². The number of aromatic nitrogens is 3. The van der Waals surface area contributed by atoms with Gasteiger partial charge in [0.15, 0.2) is 5.82 Å². The number of nitrogen functional groups attached to an aromatic ring is 1. The molecule has 1 atom stereocenters. The number of carbonyl (C=O) groups is 1. The van der Waals surface area contributed by atoms with Crippen LogP contribution in [-0.4, -0.2) is 27.4 Å². The minimum absolute atomic E-state index is 0.0179. The summed E-state index contributed by atoms with van der Waals surface area (Å²) in [5, 5.41) is 7.61. The minimum Gasteiger partial charge on any atom is -0.435 e. The van der Waals surface area contributed by atoms with Crippen LogP contribution in [0.5, 0.6) is 5.75 Å². The first-order valence-electron chi connectivity index (χ1n) is 7.72. The van der Waals surface area contributed by atoms with Gasteiger partial charge >= 0.3 is 6.61 Å². The van der Waals surface area contributed by atoms with Crippen LogP contribution in [0.3, 0.4) is 0 Å². The predicted molar refractivity (Wildman–Crippen MR) is 96.5 cm³/mol. The number of benzene rings is 2. The fourth-order valence-electron chi connectivity index (χ4n) is 2.36. The molecule has 0 radical (unpaired) electrons. The fraction of sp³-hybridized carbons (Fsp3) is 0.118. The van der Waals surface area contributed by atoms with Crippen LogP contribution in [0.25, 0.3) is 11.4 Å². The van der Waals surface area contributed by atoms with Gasteiger partial charge in [0, 0.05) is 5.56 Å². The topological polar surface area (TPSA) is 109 Å². The molecule has 4 N–H and O–H groups in total. The van der Waals surface area contributed by atoms with Crippen molar-refractivity contribution in [2.45, 2.75) is 17.0 Å². The van der Waals surface area contributed by atoms with Crippen molar-refractivity contribution in [3.8, 4) is 17.1 Å². The molecule has 140 valence electrons. The molecule has 0 bridgehead atoms. The first-order valence-corrected chi connectivity index (χ1v) is 8.60. The normalized spacial score (nSPS) is 12.1. The number of rotatable bonds is 7. The Bertz CT molecular complexity index is 919. The summed E-state index contributed by atoms with van der Waals surface area (Å²) in [6.45, 7) is -2.90. The quantitative estimate of drug-likeness (QED) is 0.473. The van der Waals surface area contributed by atoms with E-state index in [2.05, 4.69) is 14.9 Å². The number of nitrogens with zero attached hydrogens (tertiary/aromatic N) is 3. The third-order valence-corrected chi connectivity index (χ3v) is 4.82. The van der Waals surface area contributed by atoms with Gasteiger partial charge in [-0.2, -0.15) is 8.78 Å². The number of ether oxygens (including phenoxy) is 1. The Hall–Kier alpha value is -3.14. The molecule has 2 aromatic carbocycles. The van der Waals surface area contributed by atoms with Gasteiger partial charge in [0.1, 0.15) is 11.0 Å². The molecule has 0 aliphatic heterocycles. The second kappa shape index (κ2) is 8.04. The maximum atomic E-state index is 12.2. The lowest BCUT2D eigenvalue weighted by molar-refractivity contribution is -0.117. The van der Waals surface area contributed by atoms with Crippen molar-refractivity contribution < 1.29 is 18.3 Å². The first kappa shape index (κ1) is 18.6. The highest BCUT2D eigenvalue weighted by Gasteiger charge is 2.23. The Morgan fingerprint density at radius 1 is 1.07 bits per heavy atom. The van der Waals surface area contributed by atoms with Crippen LogP contribution in [0.1, 0.15) is 10.8 Å². The number of halogens is 2. The third-order valence-electron chi connectivity index (χ3n) is 3.59. The van der Waals surface area contributed by atoms with E-state index in [0.29, 0.717) is 17.0 Å². The molecule has 27 heavy (non-hydrogen) atoms. The smallest absolute Gasteiger partial charge is 0.387 e. The second-order valence-electron chi connectivity index (χ2n) is 5.39. The van der Waals surface area contributed by atoms with E-state index < -0.39 is 17.8 Å². The molecule has 10 heteroatoms. The van der Waals surface area contributed by atoms with Crippen LogP contribution >= 0.6 is 11.8 Å². The van der Waals surface area contributed by atoms with Crippen LogP contribution < -0.4 is 16.3 Å².